The topological polar surface area (TPSA) is 93.5 Å². The average molecular weight is 234 g/mol. The van der Waals surface area contributed by atoms with Gasteiger partial charge in [0, 0.05) is 25.6 Å². The second kappa shape index (κ2) is 4.31. The fraction of sp³-hybridized carbons (Fsp3) is 0.111. The standard InChI is InChI=1S/C9H10N6S/c1-15-5-4-13-9(15)16-8-12-3-2-6(14-8)7(10)11/h2-5H,1H3,(H3,10,11). The van der Waals surface area contributed by atoms with Gasteiger partial charge in [0.1, 0.15) is 11.5 Å². The quantitative estimate of drug-likeness (QED) is 0.462. The number of nitrogens with two attached hydrogens (primary N) is 1. The second-order valence-electron chi connectivity index (χ2n) is 3.06. The Morgan fingerprint density at radius 2 is 2.25 bits per heavy atom. The number of aryl methyl sites for hydroxylation is 1. The summed E-state index contributed by atoms with van der Waals surface area (Å²) >= 11 is 1.33. The predicted octanol–water partition coefficient (Wildman–Crippen LogP) is 0.645. The summed E-state index contributed by atoms with van der Waals surface area (Å²) in [7, 11) is 1.89. The molecule has 0 bridgehead atoms. The zero-order chi connectivity index (χ0) is 11.5. The molecule has 16 heavy (non-hydrogen) atoms. The highest BCUT2D eigenvalue weighted by Crippen LogP contribution is 2.21. The van der Waals surface area contributed by atoms with Crippen molar-refractivity contribution in [2.75, 3.05) is 0 Å². The largest absolute Gasteiger partial charge is 0.382 e. The molecular formula is C9H10N6S. The molecule has 0 saturated carbocycles. The van der Waals surface area contributed by atoms with Crippen molar-refractivity contribution in [3.63, 3.8) is 0 Å². The Bertz CT molecular complexity index is 520. The molecule has 0 unspecified atom stereocenters. The van der Waals surface area contributed by atoms with Gasteiger partial charge in [-0.15, -0.1) is 0 Å². The maximum Gasteiger partial charge on any atom is 0.196 e. The molecule has 0 saturated heterocycles. The van der Waals surface area contributed by atoms with Gasteiger partial charge in [-0.2, -0.15) is 0 Å². The van der Waals surface area contributed by atoms with Gasteiger partial charge >= 0.3 is 0 Å². The van der Waals surface area contributed by atoms with Crippen LogP contribution in [0.5, 0.6) is 0 Å². The molecule has 7 heteroatoms. The molecule has 82 valence electrons. The first-order valence-electron chi connectivity index (χ1n) is 4.49. The van der Waals surface area contributed by atoms with Crippen LogP contribution in [0.25, 0.3) is 0 Å². The van der Waals surface area contributed by atoms with Crippen LogP contribution < -0.4 is 5.73 Å². The molecule has 0 amide bonds. The molecule has 0 aliphatic carbocycles. The monoisotopic (exact) mass is 234 g/mol. The van der Waals surface area contributed by atoms with Crippen LogP contribution in [0.1, 0.15) is 5.69 Å². The molecule has 0 aliphatic rings. The van der Waals surface area contributed by atoms with E-state index in [2.05, 4.69) is 15.0 Å². The predicted molar refractivity (Wildman–Crippen MR) is 60.4 cm³/mol. The van der Waals surface area contributed by atoms with Crippen molar-refractivity contribution in [1.29, 1.82) is 5.41 Å². The zero-order valence-electron chi connectivity index (χ0n) is 8.58. The zero-order valence-corrected chi connectivity index (χ0v) is 9.40. The summed E-state index contributed by atoms with van der Waals surface area (Å²) in [6.07, 6.45) is 5.13. The van der Waals surface area contributed by atoms with Crippen LogP contribution in [-0.4, -0.2) is 25.4 Å². The van der Waals surface area contributed by atoms with Gasteiger partial charge in [-0.3, -0.25) is 5.41 Å². The Hall–Kier alpha value is -1.89. The number of aromatic nitrogens is 4. The Morgan fingerprint density at radius 3 is 2.88 bits per heavy atom. The highest BCUT2D eigenvalue weighted by Gasteiger charge is 2.06. The van der Waals surface area contributed by atoms with Crippen molar-refractivity contribution in [3.05, 3.63) is 30.4 Å². The smallest absolute Gasteiger partial charge is 0.196 e. The number of amidine groups is 1. The van der Waals surface area contributed by atoms with E-state index in [4.69, 9.17) is 11.1 Å². The number of nitrogen functional groups attached to an aromatic ring is 1. The third kappa shape index (κ3) is 2.19. The molecule has 2 rings (SSSR count). The van der Waals surface area contributed by atoms with Gasteiger partial charge in [0.15, 0.2) is 10.3 Å². The third-order valence-corrected chi connectivity index (χ3v) is 2.82. The summed E-state index contributed by atoms with van der Waals surface area (Å²) in [5.41, 5.74) is 5.77. The summed E-state index contributed by atoms with van der Waals surface area (Å²) in [5, 5.41) is 8.60. The van der Waals surface area contributed by atoms with Crippen LogP contribution in [0.2, 0.25) is 0 Å². The molecule has 3 N–H and O–H groups in total. The molecule has 0 fully saturated rings. The van der Waals surface area contributed by atoms with Gasteiger partial charge in [0.2, 0.25) is 0 Å². The number of hydrogen-bond acceptors (Lipinski definition) is 5. The maximum absolute atomic E-state index is 7.28. The van der Waals surface area contributed by atoms with Crippen molar-refractivity contribution < 1.29 is 0 Å². The fourth-order valence-corrected chi connectivity index (χ4v) is 1.81. The molecular weight excluding hydrogens is 224 g/mol. The van der Waals surface area contributed by atoms with Gasteiger partial charge in [-0.05, 0) is 17.8 Å². The van der Waals surface area contributed by atoms with Gasteiger partial charge in [0.05, 0.1) is 0 Å². The van der Waals surface area contributed by atoms with Crippen LogP contribution >= 0.6 is 11.8 Å². The van der Waals surface area contributed by atoms with E-state index >= 15 is 0 Å². The van der Waals surface area contributed by atoms with E-state index < -0.39 is 0 Å². The van der Waals surface area contributed by atoms with E-state index in [-0.39, 0.29) is 5.84 Å². The molecule has 0 radical (unpaired) electrons. The van der Waals surface area contributed by atoms with Crippen molar-refractivity contribution in [2.45, 2.75) is 10.3 Å². The second-order valence-corrected chi connectivity index (χ2v) is 4.00. The summed E-state index contributed by atoms with van der Waals surface area (Å²) < 4.78 is 1.87. The van der Waals surface area contributed by atoms with Gasteiger partial charge in [-0.25, -0.2) is 15.0 Å². The number of nitrogens with one attached hydrogen (secondary N) is 1. The Morgan fingerprint density at radius 1 is 1.44 bits per heavy atom. The first-order valence-corrected chi connectivity index (χ1v) is 5.31. The molecule has 6 nitrogen and oxygen atoms in total. The van der Waals surface area contributed by atoms with E-state index in [9.17, 15) is 0 Å². The van der Waals surface area contributed by atoms with Gasteiger partial charge in [0.25, 0.3) is 0 Å². The van der Waals surface area contributed by atoms with Crippen LogP contribution in [-0.2, 0) is 7.05 Å². The van der Waals surface area contributed by atoms with E-state index in [0.717, 1.165) is 5.16 Å². The van der Waals surface area contributed by atoms with Crippen molar-refractivity contribution in [2.24, 2.45) is 12.8 Å². The van der Waals surface area contributed by atoms with E-state index in [1.165, 1.54) is 11.8 Å². The van der Waals surface area contributed by atoms with Crippen molar-refractivity contribution in [1.82, 2.24) is 19.5 Å². The minimum Gasteiger partial charge on any atom is -0.382 e. The Kier molecular flexibility index (Phi) is 2.86. The van der Waals surface area contributed by atoms with Gasteiger partial charge in [-0.1, -0.05) is 0 Å². The molecule has 0 spiro atoms. The SMILES string of the molecule is Cn1ccnc1Sc1nccc(C(=N)N)n1. The highest BCUT2D eigenvalue weighted by atomic mass is 32.2. The van der Waals surface area contributed by atoms with Crippen molar-refractivity contribution in [3.8, 4) is 0 Å². The molecule has 2 heterocycles. The lowest BCUT2D eigenvalue weighted by Crippen LogP contribution is -2.13. The Balaban J connectivity index is 2.25. The van der Waals surface area contributed by atoms with Crippen LogP contribution in [0.15, 0.2) is 35.0 Å². The number of imidazole rings is 1. The minimum atomic E-state index is -0.0657. The summed E-state index contributed by atoms with van der Waals surface area (Å²) in [5.74, 6) is -0.0657. The summed E-state index contributed by atoms with van der Waals surface area (Å²) in [6.45, 7) is 0. The minimum absolute atomic E-state index is 0.0657. The first kappa shape index (κ1) is 10.6. The summed E-state index contributed by atoms with van der Waals surface area (Å²) in [4.78, 5) is 12.4. The molecule has 0 aliphatic heterocycles. The normalized spacial score (nSPS) is 10.3. The van der Waals surface area contributed by atoms with E-state index in [1.807, 2.05) is 17.8 Å². The number of rotatable bonds is 3. The molecule has 2 aromatic heterocycles. The van der Waals surface area contributed by atoms with Gasteiger partial charge < -0.3 is 10.3 Å². The highest BCUT2D eigenvalue weighted by molar-refractivity contribution is 7.99. The summed E-state index contributed by atoms with van der Waals surface area (Å²) in [6, 6.07) is 1.60. The first-order chi connectivity index (χ1) is 7.66. The third-order valence-electron chi connectivity index (χ3n) is 1.87. The lowest BCUT2D eigenvalue weighted by molar-refractivity contribution is 0.785. The maximum atomic E-state index is 7.28. The van der Waals surface area contributed by atoms with Crippen LogP contribution in [0, 0.1) is 5.41 Å². The lowest BCUT2D eigenvalue weighted by atomic mass is 10.4. The molecule has 0 aromatic carbocycles. The Labute approximate surface area is 96.4 Å². The average Bonchev–Trinajstić information content (AvgIpc) is 2.65. The van der Waals surface area contributed by atoms with E-state index in [0.29, 0.717) is 10.9 Å². The van der Waals surface area contributed by atoms with Crippen molar-refractivity contribution >= 4 is 17.6 Å². The fourth-order valence-electron chi connectivity index (χ4n) is 1.07. The number of hydrogen-bond donors (Lipinski definition) is 2. The molecule has 2 aromatic rings. The van der Waals surface area contributed by atoms with Crippen LogP contribution in [0.3, 0.4) is 0 Å². The lowest BCUT2D eigenvalue weighted by Gasteiger charge is -2.01. The molecule has 0 atom stereocenters. The van der Waals surface area contributed by atoms with E-state index in [1.54, 1.807) is 18.5 Å². The number of nitrogens with zero attached hydrogens (tertiary/aromatic N) is 4. The van der Waals surface area contributed by atoms with Crippen LogP contribution in [0.4, 0.5) is 0 Å².